The second kappa shape index (κ2) is 7.75. The van der Waals surface area contributed by atoms with Gasteiger partial charge in [-0.2, -0.15) is 0 Å². The first kappa shape index (κ1) is 16.3. The topological polar surface area (TPSA) is 67.8 Å². The number of carboxylic acid groups (broad SMARTS) is 1. The van der Waals surface area contributed by atoms with E-state index in [4.69, 9.17) is 9.47 Å². The second-order valence-electron chi connectivity index (χ2n) is 4.77. The van der Waals surface area contributed by atoms with E-state index in [1.165, 1.54) is 0 Å². The Morgan fingerprint density at radius 1 is 1.35 bits per heavy atom. The van der Waals surface area contributed by atoms with Crippen LogP contribution in [0.25, 0.3) is 0 Å². The Labute approximate surface area is 119 Å². The van der Waals surface area contributed by atoms with Gasteiger partial charge in [-0.25, -0.2) is 0 Å². The third-order valence-corrected chi connectivity index (χ3v) is 3.19. The normalized spacial score (nSPS) is 13.6. The molecule has 5 heteroatoms. The third kappa shape index (κ3) is 4.42. The average Bonchev–Trinajstić information content (AvgIpc) is 2.44. The minimum absolute atomic E-state index is 0.453. The molecule has 0 saturated carbocycles. The molecule has 0 radical (unpaired) electrons. The molecule has 1 aromatic carbocycles. The van der Waals surface area contributed by atoms with Crippen molar-refractivity contribution < 1.29 is 19.4 Å². The van der Waals surface area contributed by atoms with Gasteiger partial charge in [0.05, 0.1) is 13.7 Å². The Balaban J connectivity index is 2.46. The molecular formula is C15H23NO4. The lowest BCUT2D eigenvalue weighted by molar-refractivity contribution is -0.144. The quantitative estimate of drug-likeness (QED) is 0.680. The number of hydrogen-bond acceptors (Lipinski definition) is 4. The lowest BCUT2D eigenvalue weighted by Crippen LogP contribution is -2.49. The number of rotatable bonds is 9. The lowest BCUT2D eigenvalue weighted by Gasteiger charge is -2.25. The number of likely N-dealkylation sites (N-methyl/N-ethyl adjacent to an activating group) is 1. The number of aliphatic carboxylic acids is 1. The van der Waals surface area contributed by atoms with Gasteiger partial charge in [0.15, 0.2) is 11.5 Å². The van der Waals surface area contributed by atoms with E-state index in [9.17, 15) is 9.90 Å². The number of carboxylic acids is 1. The van der Waals surface area contributed by atoms with E-state index in [2.05, 4.69) is 5.32 Å². The van der Waals surface area contributed by atoms with E-state index in [0.29, 0.717) is 37.5 Å². The fourth-order valence-corrected chi connectivity index (χ4v) is 2.01. The Hall–Kier alpha value is -1.75. The molecule has 1 unspecified atom stereocenters. The summed E-state index contributed by atoms with van der Waals surface area (Å²) in [5, 5.41) is 12.2. The van der Waals surface area contributed by atoms with E-state index in [0.717, 1.165) is 0 Å². The molecule has 0 saturated heterocycles. The van der Waals surface area contributed by atoms with Crippen molar-refractivity contribution >= 4 is 5.97 Å². The minimum Gasteiger partial charge on any atom is -0.493 e. The summed E-state index contributed by atoms with van der Waals surface area (Å²) in [5.74, 6) is 0.521. The number of benzene rings is 1. The van der Waals surface area contributed by atoms with E-state index >= 15 is 0 Å². The monoisotopic (exact) mass is 281 g/mol. The van der Waals surface area contributed by atoms with Gasteiger partial charge < -0.3 is 19.9 Å². The molecule has 20 heavy (non-hydrogen) atoms. The number of para-hydroxylation sites is 2. The molecule has 0 bridgehead atoms. The van der Waals surface area contributed by atoms with Crippen LogP contribution in [0.2, 0.25) is 0 Å². The molecule has 0 amide bonds. The summed E-state index contributed by atoms with van der Waals surface area (Å²) >= 11 is 0. The Morgan fingerprint density at radius 3 is 2.55 bits per heavy atom. The maximum absolute atomic E-state index is 11.3. The highest BCUT2D eigenvalue weighted by Gasteiger charge is 2.31. The van der Waals surface area contributed by atoms with Crippen molar-refractivity contribution in [2.24, 2.45) is 0 Å². The minimum atomic E-state index is -0.904. The number of carbonyl (C=O) groups is 1. The predicted molar refractivity (Wildman–Crippen MR) is 77.4 cm³/mol. The SMILES string of the molecule is CCNC(C)(CCCOc1ccccc1OC)C(=O)O. The van der Waals surface area contributed by atoms with E-state index < -0.39 is 11.5 Å². The number of ether oxygens (including phenoxy) is 2. The van der Waals surface area contributed by atoms with Gasteiger partial charge in [-0.15, -0.1) is 0 Å². The zero-order valence-corrected chi connectivity index (χ0v) is 12.3. The average molecular weight is 281 g/mol. The standard InChI is InChI=1S/C15H23NO4/c1-4-16-15(2,14(17)18)10-7-11-20-13-9-6-5-8-12(13)19-3/h5-6,8-9,16H,4,7,10-11H2,1-3H3,(H,17,18). The summed E-state index contributed by atoms with van der Waals surface area (Å²) in [6.07, 6.45) is 1.15. The highest BCUT2D eigenvalue weighted by molar-refractivity contribution is 5.78. The van der Waals surface area contributed by atoms with Gasteiger partial charge in [-0.3, -0.25) is 4.79 Å². The Morgan fingerprint density at radius 2 is 2.00 bits per heavy atom. The summed E-state index contributed by atoms with van der Waals surface area (Å²) < 4.78 is 10.8. The molecule has 0 fully saturated rings. The van der Waals surface area contributed by atoms with Crippen LogP contribution in [0.4, 0.5) is 0 Å². The van der Waals surface area contributed by atoms with Gasteiger partial charge in [0.2, 0.25) is 0 Å². The van der Waals surface area contributed by atoms with Gasteiger partial charge in [-0.05, 0) is 38.4 Å². The molecule has 1 atom stereocenters. The second-order valence-corrected chi connectivity index (χ2v) is 4.77. The van der Waals surface area contributed by atoms with Crippen molar-refractivity contribution in [2.45, 2.75) is 32.2 Å². The summed E-state index contributed by atoms with van der Waals surface area (Å²) in [7, 11) is 1.59. The van der Waals surface area contributed by atoms with E-state index in [1.54, 1.807) is 14.0 Å². The predicted octanol–water partition coefficient (Wildman–Crippen LogP) is 2.31. The molecule has 0 spiro atoms. The summed E-state index contributed by atoms with van der Waals surface area (Å²) in [6, 6.07) is 7.41. The molecule has 0 aromatic heterocycles. The van der Waals surface area contributed by atoms with Crippen LogP contribution in [0.3, 0.4) is 0 Å². The summed E-state index contributed by atoms with van der Waals surface area (Å²) in [5.41, 5.74) is -0.904. The molecular weight excluding hydrogens is 258 g/mol. The van der Waals surface area contributed by atoms with Crippen LogP contribution >= 0.6 is 0 Å². The van der Waals surface area contributed by atoms with Crippen LogP contribution in [0.15, 0.2) is 24.3 Å². The Bertz CT molecular complexity index is 436. The van der Waals surface area contributed by atoms with Crippen LogP contribution in [0.1, 0.15) is 26.7 Å². The highest BCUT2D eigenvalue weighted by Crippen LogP contribution is 2.26. The molecule has 0 aliphatic carbocycles. The van der Waals surface area contributed by atoms with Crippen molar-refractivity contribution in [3.05, 3.63) is 24.3 Å². The molecule has 1 aromatic rings. The highest BCUT2D eigenvalue weighted by atomic mass is 16.5. The van der Waals surface area contributed by atoms with Gasteiger partial charge in [-0.1, -0.05) is 19.1 Å². The molecule has 0 heterocycles. The molecule has 5 nitrogen and oxygen atoms in total. The number of hydrogen-bond donors (Lipinski definition) is 2. The van der Waals surface area contributed by atoms with Crippen LogP contribution in [-0.4, -0.2) is 36.9 Å². The lowest BCUT2D eigenvalue weighted by atomic mass is 9.96. The smallest absolute Gasteiger partial charge is 0.323 e. The zero-order valence-electron chi connectivity index (χ0n) is 12.3. The third-order valence-electron chi connectivity index (χ3n) is 3.19. The van der Waals surface area contributed by atoms with Gasteiger partial charge >= 0.3 is 5.97 Å². The molecule has 2 N–H and O–H groups in total. The zero-order chi connectivity index (χ0) is 15.0. The first-order valence-electron chi connectivity index (χ1n) is 6.77. The molecule has 1 rings (SSSR count). The fraction of sp³-hybridized carbons (Fsp3) is 0.533. The van der Waals surface area contributed by atoms with Crippen molar-refractivity contribution in [2.75, 3.05) is 20.3 Å². The van der Waals surface area contributed by atoms with Gasteiger partial charge in [0, 0.05) is 0 Å². The van der Waals surface area contributed by atoms with Gasteiger partial charge in [0.25, 0.3) is 0 Å². The van der Waals surface area contributed by atoms with Crippen molar-refractivity contribution in [3.8, 4) is 11.5 Å². The Kier molecular flexibility index (Phi) is 6.31. The molecule has 0 aliphatic heterocycles. The van der Waals surface area contributed by atoms with Crippen molar-refractivity contribution in [3.63, 3.8) is 0 Å². The van der Waals surface area contributed by atoms with E-state index in [-0.39, 0.29) is 0 Å². The largest absolute Gasteiger partial charge is 0.493 e. The van der Waals surface area contributed by atoms with Crippen LogP contribution in [0, 0.1) is 0 Å². The first-order valence-corrected chi connectivity index (χ1v) is 6.77. The maximum Gasteiger partial charge on any atom is 0.323 e. The van der Waals surface area contributed by atoms with Crippen molar-refractivity contribution in [1.29, 1.82) is 0 Å². The molecule has 0 aliphatic rings. The number of nitrogens with one attached hydrogen (secondary N) is 1. The molecule has 112 valence electrons. The summed E-state index contributed by atoms with van der Waals surface area (Å²) in [4.78, 5) is 11.3. The summed E-state index contributed by atoms with van der Waals surface area (Å²) in [6.45, 7) is 4.67. The van der Waals surface area contributed by atoms with Gasteiger partial charge in [0.1, 0.15) is 5.54 Å². The van der Waals surface area contributed by atoms with Crippen LogP contribution in [-0.2, 0) is 4.79 Å². The number of methoxy groups -OCH3 is 1. The van der Waals surface area contributed by atoms with E-state index in [1.807, 2.05) is 31.2 Å². The first-order chi connectivity index (χ1) is 9.53. The van der Waals surface area contributed by atoms with Crippen molar-refractivity contribution in [1.82, 2.24) is 5.32 Å². The maximum atomic E-state index is 11.3. The fourth-order valence-electron chi connectivity index (χ4n) is 2.01. The van der Waals surface area contributed by atoms with Crippen LogP contribution in [0.5, 0.6) is 11.5 Å². The van der Waals surface area contributed by atoms with Crippen LogP contribution < -0.4 is 14.8 Å².